The van der Waals surface area contributed by atoms with Crippen molar-refractivity contribution >= 4 is 17.9 Å². The van der Waals surface area contributed by atoms with Gasteiger partial charge in [0.05, 0.1) is 12.8 Å². The Morgan fingerprint density at radius 1 is 0.909 bits per heavy atom. The molecule has 0 atom stereocenters. The fourth-order valence-corrected chi connectivity index (χ4v) is 3.56. The molecule has 0 N–H and O–H groups in total. The van der Waals surface area contributed by atoms with Gasteiger partial charge in [-0.25, -0.2) is 0 Å². The molecule has 33 heavy (non-hydrogen) atoms. The highest BCUT2D eigenvalue weighted by atomic mass is 16.3. The van der Waals surface area contributed by atoms with Crippen LogP contribution in [0.25, 0.3) is 6.08 Å². The lowest BCUT2D eigenvalue weighted by Gasteiger charge is -2.28. The number of amides is 2. The minimum Gasteiger partial charge on any atom is -0.467 e. The summed E-state index contributed by atoms with van der Waals surface area (Å²) in [4.78, 5) is 29.7. The molecule has 2 aromatic carbocycles. The molecule has 0 radical (unpaired) electrons. The average Bonchev–Trinajstić information content (AvgIpc) is 3.34. The van der Waals surface area contributed by atoms with Crippen molar-refractivity contribution in [2.45, 2.75) is 26.8 Å². The predicted octanol–water partition coefficient (Wildman–Crippen LogP) is 5.05. The molecule has 0 aliphatic heterocycles. The van der Waals surface area contributed by atoms with Gasteiger partial charge in [0.15, 0.2) is 0 Å². The highest BCUT2D eigenvalue weighted by Gasteiger charge is 2.22. The number of benzene rings is 2. The molecule has 0 bridgehead atoms. The molecule has 0 fully saturated rings. The van der Waals surface area contributed by atoms with Crippen LogP contribution in [-0.4, -0.2) is 41.2 Å². The van der Waals surface area contributed by atoms with Crippen LogP contribution in [0.1, 0.15) is 30.7 Å². The molecule has 0 spiro atoms. The van der Waals surface area contributed by atoms with Crippen molar-refractivity contribution in [3.05, 3.63) is 102 Å². The first-order chi connectivity index (χ1) is 16.0. The number of nitrogens with zero attached hydrogens (tertiary/aromatic N) is 2. The van der Waals surface area contributed by atoms with Crippen LogP contribution in [0.3, 0.4) is 0 Å². The van der Waals surface area contributed by atoms with E-state index in [9.17, 15) is 9.59 Å². The van der Waals surface area contributed by atoms with E-state index < -0.39 is 0 Å². The van der Waals surface area contributed by atoms with Gasteiger partial charge in [-0.15, -0.1) is 0 Å². The molecule has 3 aromatic rings. The number of carbonyl (C=O) groups is 2. The lowest BCUT2D eigenvalue weighted by molar-refractivity contribution is -0.139. The molecule has 0 aliphatic carbocycles. The van der Waals surface area contributed by atoms with Crippen molar-refractivity contribution in [2.75, 3.05) is 19.6 Å². The van der Waals surface area contributed by atoms with Crippen molar-refractivity contribution in [3.8, 4) is 0 Å². The third-order valence-corrected chi connectivity index (χ3v) is 5.23. The molecule has 2 amide bonds. The van der Waals surface area contributed by atoms with Crippen LogP contribution in [0.4, 0.5) is 0 Å². The van der Waals surface area contributed by atoms with Gasteiger partial charge in [0, 0.05) is 19.2 Å². The second-order valence-corrected chi connectivity index (χ2v) is 8.49. The van der Waals surface area contributed by atoms with Crippen molar-refractivity contribution in [1.29, 1.82) is 0 Å². The van der Waals surface area contributed by atoms with E-state index >= 15 is 0 Å². The first kappa shape index (κ1) is 24.1. The summed E-state index contributed by atoms with van der Waals surface area (Å²) < 4.78 is 5.49. The van der Waals surface area contributed by atoms with Gasteiger partial charge < -0.3 is 14.2 Å². The quantitative estimate of drug-likeness (QED) is 0.389. The maximum Gasteiger partial charge on any atom is 0.247 e. The summed E-state index contributed by atoms with van der Waals surface area (Å²) in [5.74, 6) is 0.711. The molecule has 172 valence electrons. The van der Waals surface area contributed by atoms with Gasteiger partial charge in [-0.2, -0.15) is 0 Å². The van der Waals surface area contributed by atoms with Gasteiger partial charge in [0.25, 0.3) is 0 Å². The molecule has 1 heterocycles. The van der Waals surface area contributed by atoms with E-state index in [-0.39, 0.29) is 24.3 Å². The van der Waals surface area contributed by atoms with Crippen LogP contribution >= 0.6 is 0 Å². The van der Waals surface area contributed by atoms with Gasteiger partial charge in [-0.1, -0.05) is 74.5 Å². The zero-order valence-electron chi connectivity index (χ0n) is 19.4. The van der Waals surface area contributed by atoms with Crippen LogP contribution in [0.15, 0.2) is 89.6 Å². The largest absolute Gasteiger partial charge is 0.467 e. The van der Waals surface area contributed by atoms with E-state index in [1.54, 1.807) is 28.2 Å². The van der Waals surface area contributed by atoms with Gasteiger partial charge in [-0.05, 0) is 41.7 Å². The normalized spacial score (nSPS) is 11.1. The summed E-state index contributed by atoms with van der Waals surface area (Å²) in [7, 11) is 0. The molecular formula is C28H32N2O3. The molecule has 0 saturated heterocycles. The summed E-state index contributed by atoms with van der Waals surface area (Å²) in [5.41, 5.74) is 2.11. The minimum absolute atomic E-state index is 0.0334. The summed E-state index contributed by atoms with van der Waals surface area (Å²) in [6, 6.07) is 23.4. The standard InChI is InChI=1S/C28H32N2O3/c1-23(2)20-30(27(31)16-15-24-10-5-3-6-11-24)22-28(32)29(21-26-14-9-19-33-26)18-17-25-12-7-4-8-13-25/h3-16,19,23H,17-18,20-22H2,1-2H3. The van der Waals surface area contributed by atoms with Gasteiger partial charge in [0.1, 0.15) is 12.3 Å². The van der Waals surface area contributed by atoms with Crippen molar-refractivity contribution < 1.29 is 14.0 Å². The maximum atomic E-state index is 13.3. The van der Waals surface area contributed by atoms with Crippen molar-refractivity contribution in [2.24, 2.45) is 5.92 Å². The third-order valence-electron chi connectivity index (χ3n) is 5.23. The molecule has 0 unspecified atom stereocenters. The first-order valence-corrected chi connectivity index (χ1v) is 11.4. The second kappa shape index (κ2) is 12.4. The Labute approximate surface area is 196 Å². The molecular weight excluding hydrogens is 412 g/mol. The van der Waals surface area contributed by atoms with Gasteiger partial charge in [-0.3, -0.25) is 9.59 Å². The number of hydrogen-bond donors (Lipinski definition) is 0. The lowest BCUT2D eigenvalue weighted by atomic mass is 10.1. The molecule has 1 aromatic heterocycles. The van der Waals surface area contributed by atoms with E-state index in [2.05, 4.69) is 12.1 Å². The van der Waals surface area contributed by atoms with E-state index in [1.807, 2.05) is 74.5 Å². The molecule has 0 saturated carbocycles. The van der Waals surface area contributed by atoms with Crippen molar-refractivity contribution in [3.63, 3.8) is 0 Å². The van der Waals surface area contributed by atoms with Gasteiger partial charge in [0.2, 0.25) is 11.8 Å². The van der Waals surface area contributed by atoms with E-state index in [1.165, 1.54) is 0 Å². The highest BCUT2D eigenvalue weighted by molar-refractivity contribution is 5.94. The van der Waals surface area contributed by atoms with Crippen LogP contribution in [0.2, 0.25) is 0 Å². The molecule has 5 nitrogen and oxygen atoms in total. The van der Waals surface area contributed by atoms with Crippen LogP contribution in [0.5, 0.6) is 0 Å². The van der Waals surface area contributed by atoms with Crippen LogP contribution < -0.4 is 0 Å². The number of hydrogen-bond acceptors (Lipinski definition) is 3. The Bertz CT molecular complexity index is 1010. The Hall–Kier alpha value is -3.60. The van der Waals surface area contributed by atoms with E-state index in [4.69, 9.17) is 4.42 Å². The summed E-state index contributed by atoms with van der Waals surface area (Å²) in [6.07, 6.45) is 5.68. The van der Waals surface area contributed by atoms with E-state index in [0.717, 1.165) is 23.3 Å². The lowest BCUT2D eigenvalue weighted by Crippen LogP contribution is -2.44. The third kappa shape index (κ3) is 8.11. The Kier molecular flexibility index (Phi) is 9.07. The zero-order valence-corrected chi connectivity index (χ0v) is 19.4. The Morgan fingerprint density at radius 2 is 1.61 bits per heavy atom. The first-order valence-electron chi connectivity index (χ1n) is 11.4. The van der Waals surface area contributed by atoms with Crippen molar-refractivity contribution in [1.82, 2.24) is 9.80 Å². The van der Waals surface area contributed by atoms with E-state index in [0.29, 0.717) is 19.6 Å². The number of carbonyl (C=O) groups excluding carboxylic acids is 2. The Balaban J connectivity index is 1.70. The summed E-state index contributed by atoms with van der Waals surface area (Å²) in [6.45, 7) is 5.56. The fourth-order valence-electron chi connectivity index (χ4n) is 3.56. The maximum absolute atomic E-state index is 13.3. The minimum atomic E-state index is -0.165. The van der Waals surface area contributed by atoms with Crippen LogP contribution in [-0.2, 0) is 22.6 Å². The highest BCUT2D eigenvalue weighted by Crippen LogP contribution is 2.11. The second-order valence-electron chi connectivity index (χ2n) is 8.49. The smallest absolute Gasteiger partial charge is 0.247 e. The fraction of sp³-hybridized carbons (Fsp3) is 0.286. The topological polar surface area (TPSA) is 53.8 Å². The SMILES string of the molecule is CC(C)CN(CC(=O)N(CCc1ccccc1)Cc1ccco1)C(=O)C=Cc1ccccc1. The number of furan rings is 1. The molecule has 5 heteroatoms. The monoisotopic (exact) mass is 444 g/mol. The van der Waals surface area contributed by atoms with Gasteiger partial charge >= 0.3 is 0 Å². The number of rotatable bonds is 11. The average molecular weight is 445 g/mol. The zero-order chi connectivity index (χ0) is 23.5. The molecule has 3 rings (SSSR count). The predicted molar refractivity (Wildman–Crippen MR) is 131 cm³/mol. The summed E-state index contributed by atoms with van der Waals surface area (Å²) in [5, 5.41) is 0. The molecule has 0 aliphatic rings. The Morgan fingerprint density at radius 3 is 2.24 bits per heavy atom. The summed E-state index contributed by atoms with van der Waals surface area (Å²) >= 11 is 0. The van der Waals surface area contributed by atoms with Crippen LogP contribution in [0, 0.1) is 5.92 Å².